The summed E-state index contributed by atoms with van der Waals surface area (Å²) in [6.45, 7) is 8.02. The summed E-state index contributed by atoms with van der Waals surface area (Å²) >= 11 is 5.85. The zero-order valence-electron chi connectivity index (χ0n) is 12.4. The molecule has 0 spiro atoms. The first-order valence-corrected chi connectivity index (χ1v) is 7.22. The molecule has 1 atom stereocenters. The molecule has 0 amide bonds. The van der Waals surface area contributed by atoms with Gasteiger partial charge in [0.2, 0.25) is 0 Å². The molecule has 5 heteroatoms. The van der Waals surface area contributed by atoms with Crippen molar-refractivity contribution < 1.29 is 14.6 Å². The van der Waals surface area contributed by atoms with E-state index in [1.165, 1.54) is 0 Å². The lowest BCUT2D eigenvalue weighted by Gasteiger charge is -2.25. The molecule has 0 fully saturated rings. The number of aliphatic hydroxyl groups excluding tert-OH is 1. The zero-order chi connectivity index (χ0) is 15.0. The Morgan fingerprint density at radius 2 is 2.15 bits per heavy atom. The first kappa shape index (κ1) is 17.2. The van der Waals surface area contributed by atoms with Crippen molar-refractivity contribution >= 4 is 11.6 Å². The third kappa shape index (κ3) is 7.10. The van der Waals surface area contributed by atoms with Gasteiger partial charge in [-0.3, -0.25) is 0 Å². The first-order chi connectivity index (χ1) is 9.43. The molecule has 20 heavy (non-hydrogen) atoms. The topological polar surface area (TPSA) is 50.7 Å². The Morgan fingerprint density at radius 3 is 2.80 bits per heavy atom. The molecule has 0 aliphatic carbocycles. The molecule has 0 aliphatic heterocycles. The number of hydrogen-bond acceptors (Lipinski definition) is 4. The molecule has 1 aromatic carbocycles. The average Bonchev–Trinajstić information content (AvgIpc) is 2.36. The maximum absolute atomic E-state index is 9.85. The van der Waals surface area contributed by atoms with Gasteiger partial charge >= 0.3 is 0 Å². The van der Waals surface area contributed by atoms with Crippen LogP contribution in [0.1, 0.15) is 20.8 Å². The Bertz CT molecular complexity index is 398. The van der Waals surface area contributed by atoms with Crippen LogP contribution in [-0.4, -0.2) is 43.1 Å². The fourth-order valence-electron chi connectivity index (χ4n) is 1.79. The first-order valence-electron chi connectivity index (χ1n) is 6.84. The van der Waals surface area contributed by atoms with Crippen molar-refractivity contribution in [1.82, 2.24) is 5.32 Å². The predicted molar refractivity (Wildman–Crippen MR) is 81.5 cm³/mol. The molecular weight excluding hydrogens is 278 g/mol. The lowest BCUT2D eigenvalue weighted by Crippen LogP contribution is -2.41. The molecule has 0 aromatic heterocycles. The van der Waals surface area contributed by atoms with E-state index in [-0.39, 0.29) is 12.2 Å². The molecule has 0 radical (unpaired) electrons. The van der Waals surface area contributed by atoms with Crippen LogP contribution in [0.25, 0.3) is 0 Å². The number of ether oxygens (including phenoxy) is 2. The molecule has 1 unspecified atom stereocenters. The third-order valence-corrected chi connectivity index (χ3v) is 2.94. The van der Waals surface area contributed by atoms with Crippen molar-refractivity contribution in [2.24, 2.45) is 0 Å². The summed E-state index contributed by atoms with van der Waals surface area (Å²) in [6.07, 6.45) is -0.577. The highest BCUT2D eigenvalue weighted by atomic mass is 35.5. The van der Waals surface area contributed by atoms with E-state index in [2.05, 4.69) is 5.32 Å². The van der Waals surface area contributed by atoms with Gasteiger partial charge in [-0.2, -0.15) is 0 Å². The zero-order valence-corrected chi connectivity index (χ0v) is 13.1. The lowest BCUT2D eigenvalue weighted by atomic mass is 10.1. The molecule has 0 aliphatic rings. The predicted octanol–water partition coefficient (Wildman–Crippen LogP) is 2.48. The second-order valence-corrected chi connectivity index (χ2v) is 5.68. The van der Waals surface area contributed by atoms with E-state index >= 15 is 0 Å². The van der Waals surface area contributed by atoms with Crippen molar-refractivity contribution in [2.45, 2.75) is 32.5 Å². The van der Waals surface area contributed by atoms with Gasteiger partial charge in [0.25, 0.3) is 0 Å². The maximum atomic E-state index is 9.85. The SMILES string of the molecule is CCOC(C)(C)CNCC(O)COc1cccc(Cl)c1. The highest BCUT2D eigenvalue weighted by Crippen LogP contribution is 2.17. The van der Waals surface area contributed by atoms with Crippen LogP contribution >= 0.6 is 11.6 Å². The van der Waals surface area contributed by atoms with Gasteiger partial charge < -0.3 is 19.9 Å². The number of nitrogens with one attached hydrogen (secondary N) is 1. The Morgan fingerprint density at radius 1 is 1.40 bits per heavy atom. The lowest BCUT2D eigenvalue weighted by molar-refractivity contribution is -0.0112. The van der Waals surface area contributed by atoms with Crippen molar-refractivity contribution in [1.29, 1.82) is 0 Å². The smallest absolute Gasteiger partial charge is 0.120 e. The normalized spacial score (nSPS) is 13.2. The molecule has 0 saturated heterocycles. The fourth-order valence-corrected chi connectivity index (χ4v) is 1.97. The van der Waals surface area contributed by atoms with Crippen LogP contribution in [0.15, 0.2) is 24.3 Å². The average molecular weight is 302 g/mol. The summed E-state index contributed by atoms with van der Waals surface area (Å²) in [7, 11) is 0. The Balaban J connectivity index is 2.22. The van der Waals surface area contributed by atoms with Crippen LogP contribution in [0.5, 0.6) is 5.75 Å². The van der Waals surface area contributed by atoms with Gasteiger partial charge in [0, 0.05) is 24.7 Å². The summed E-state index contributed by atoms with van der Waals surface area (Å²) in [5.74, 6) is 0.659. The van der Waals surface area contributed by atoms with Crippen LogP contribution in [0.2, 0.25) is 5.02 Å². The number of benzene rings is 1. The van der Waals surface area contributed by atoms with Gasteiger partial charge in [-0.1, -0.05) is 17.7 Å². The highest BCUT2D eigenvalue weighted by molar-refractivity contribution is 6.30. The van der Waals surface area contributed by atoms with Crippen LogP contribution in [0.4, 0.5) is 0 Å². The number of rotatable bonds is 9. The summed E-state index contributed by atoms with van der Waals surface area (Å²) in [5, 5.41) is 13.6. The number of aliphatic hydroxyl groups is 1. The largest absolute Gasteiger partial charge is 0.491 e. The van der Waals surface area contributed by atoms with Crippen molar-refractivity contribution in [3.05, 3.63) is 29.3 Å². The minimum atomic E-state index is -0.577. The molecule has 0 bridgehead atoms. The van der Waals surface area contributed by atoms with Crippen LogP contribution < -0.4 is 10.1 Å². The van der Waals surface area contributed by atoms with Gasteiger partial charge in [-0.15, -0.1) is 0 Å². The minimum absolute atomic E-state index is 0.225. The van der Waals surface area contributed by atoms with Gasteiger partial charge in [-0.05, 0) is 39.0 Å². The molecule has 114 valence electrons. The van der Waals surface area contributed by atoms with Crippen LogP contribution in [-0.2, 0) is 4.74 Å². The Labute approximate surface area is 126 Å². The highest BCUT2D eigenvalue weighted by Gasteiger charge is 2.17. The molecule has 0 saturated carbocycles. The minimum Gasteiger partial charge on any atom is -0.491 e. The van der Waals surface area contributed by atoms with Crippen molar-refractivity contribution in [3.8, 4) is 5.75 Å². The van der Waals surface area contributed by atoms with E-state index in [0.717, 1.165) is 0 Å². The van der Waals surface area contributed by atoms with E-state index in [1.807, 2.05) is 32.9 Å². The molecule has 0 heterocycles. The van der Waals surface area contributed by atoms with Crippen LogP contribution in [0, 0.1) is 0 Å². The summed E-state index contributed by atoms with van der Waals surface area (Å²) in [6, 6.07) is 7.12. The van der Waals surface area contributed by atoms with Crippen molar-refractivity contribution in [2.75, 3.05) is 26.3 Å². The third-order valence-electron chi connectivity index (χ3n) is 2.70. The Kier molecular flexibility index (Phi) is 7.30. The molecule has 4 nitrogen and oxygen atoms in total. The molecule has 2 N–H and O–H groups in total. The van der Waals surface area contributed by atoms with E-state index in [4.69, 9.17) is 21.1 Å². The monoisotopic (exact) mass is 301 g/mol. The van der Waals surface area contributed by atoms with E-state index in [0.29, 0.717) is 30.5 Å². The van der Waals surface area contributed by atoms with E-state index in [9.17, 15) is 5.11 Å². The molecular formula is C15H24ClNO3. The maximum Gasteiger partial charge on any atom is 0.120 e. The van der Waals surface area contributed by atoms with Gasteiger partial charge in [0.1, 0.15) is 18.5 Å². The van der Waals surface area contributed by atoms with Gasteiger partial charge in [0.15, 0.2) is 0 Å². The van der Waals surface area contributed by atoms with Crippen molar-refractivity contribution in [3.63, 3.8) is 0 Å². The van der Waals surface area contributed by atoms with E-state index in [1.54, 1.807) is 12.1 Å². The van der Waals surface area contributed by atoms with Crippen LogP contribution in [0.3, 0.4) is 0 Å². The fraction of sp³-hybridized carbons (Fsp3) is 0.600. The number of hydrogen-bond donors (Lipinski definition) is 2. The summed E-state index contributed by atoms with van der Waals surface area (Å²) < 4.78 is 11.0. The number of halogens is 1. The quantitative estimate of drug-likeness (QED) is 0.736. The second-order valence-electron chi connectivity index (χ2n) is 5.25. The Hall–Kier alpha value is -0.810. The standard InChI is InChI=1S/C15H24ClNO3/c1-4-20-15(2,3)11-17-9-13(18)10-19-14-7-5-6-12(16)8-14/h5-8,13,17-18H,4,9-11H2,1-3H3. The van der Waals surface area contributed by atoms with Gasteiger partial charge in [0.05, 0.1) is 5.60 Å². The molecule has 1 rings (SSSR count). The summed E-state index contributed by atoms with van der Waals surface area (Å²) in [5.41, 5.74) is -0.234. The molecule has 1 aromatic rings. The van der Waals surface area contributed by atoms with Gasteiger partial charge in [-0.25, -0.2) is 0 Å². The second kappa shape index (κ2) is 8.47. The van der Waals surface area contributed by atoms with E-state index < -0.39 is 6.10 Å². The summed E-state index contributed by atoms with van der Waals surface area (Å²) in [4.78, 5) is 0.